The van der Waals surface area contributed by atoms with Crippen LogP contribution in [0.15, 0.2) is 0 Å². The van der Waals surface area contributed by atoms with Gasteiger partial charge in [-0.25, -0.2) is 4.79 Å². The summed E-state index contributed by atoms with van der Waals surface area (Å²) in [6.07, 6.45) is 3.43. The third-order valence-electron chi connectivity index (χ3n) is 3.04. The van der Waals surface area contributed by atoms with E-state index in [1.165, 1.54) is 13.5 Å². The minimum atomic E-state index is -0.460. The molecule has 0 aromatic heterocycles. The van der Waals surface area contributed by atoms with Gasteiger partial charge in [0.2, 0.25) is 5.91 Å². The number of amides is 3. The first kappa shape index (κ1) is 13.0. The molecule has 0 saturated heterocycles. The lowest BCUT2D eigenvalue weighted by Gasteiger charge is -2.18. The summed E-state index contributed by atoms with van der Waals surface area (Å²) in [6.45, 7) is 4.00. The van der Waals surface area contributed by atoms with Gasteiger partial charge in [0.1, 0.15) is 0 Å². The molecule has 3 amide bonds. The van der Waals surface area contributed by atoms with Crippen molar-refractivity contribution in [2.24, 2.45) is 5.92 Å². The summed E-state index contributed by atoms with van der Waals surface area (Å²) in [5, 5.41) is 7.86. The zero-order valence-electron chi connectivity index (χ0n) is 10.2. The lowest BCUT2D eigenvalue weighted by Crippen LogP contribution is -2.49. The van der Waals surface area contributed by atoms with Crippen molar-refractivity contribution < 1.29 is 9.59 Å². The van der Waals surface area contributed by atoms with Gasteiger partial charge in [0.05, 0.1) is 6.04 Å². The van der Waals surface area contributed by atoms with Gasteiger partial charge in [-0.2, -0.15) is 0 Å². The third-order valence-corrected chi connectivity index (χ3v) is 3.04. The van der Waals surface area contributed by atoms with Gasteiger partial charge in [-0.3, -0.25) is 10.1 Å². The molecule has 1 aliphatic carbocycles. The highest BCUT2D eigenvalue weighted by Gasteiger charge is 2.25. The maximum absolute atomic E-state index is 11.5. The fourth-order valence-electron chi connectivity index (χ4n) is 2.07. The van der Waals surface area contributed by atoms with Gasteiger partial charge >= 0.3 is 6.03 Å². The fourth-order valence-corrected chi connectivity index (χ4v) is 2.07. The van der Waals surface area contributed by atoms with E-state index in [0.29, 0.717) is 6.04 Å². The van der Waals surface area contributed by atoms with E-state index in [4.69, 9.17) is 0 Å². The van der Waals surface area contributed by atoms with E-state index >= 15 is 0 Å². The molecule has 5 nitrogen and oxygen atoms in total. The summed E-state index contributed by atoms with van der Waals surface area (Å²) in [7, 11) is 1.49. The van der Waals surface area contributed by atoms with E-state index in [2.05, 4.69) is 22.9 Å². The van der Waals surface area contributed by atoms with Gasteiger partial charge in [0, 0.05) is 13.1 Å². The quantitative estimate of drug-likeness (QED) is 0.661. The van der Waals surface area contributed by atoms with Crippen LogP contribution < -0.4 is 16.0 Å². The van der Waals surface area contributed by atoms with Crippen LogP contribution in [0.3, 0.4) is 0 Å². The number of hydrogen-bond donors (Lipinski definition) is 3. The molecular weight excluding hydrogens is 206 g/mol. The number of imide groups is 1. The Hall–Kier alpha value is -1.10. The maximum atomic E-state index is 11.5. The van der Waals surface area contributed by atoms with Crippen molar-refractivity contribution in [2.75, 3.05) is 7.05 Å². The molecule has 1 aliphatic rings. The normalized spacial score (nSPS) is 26.2. The number of carbonyl (C=O) groups is 2. The fraction of sp³-hybridized carbons (Fsp3) is 0.818. The minimum absolute atomic E-state index is 0.279. The molecule has 0 aromatic rings. The average molecular weight is 227 g/mol. The lowest BCUT2D eigenvalue weighted by molar-refractivity contribution is -0.121. The van der Waals surface area contributed by atoms with Gasteiger partial charge in [-0.15, -0.1) is 0 Å². The maximum Gasteiger partial charge on any atom is 0.321 e. The molecule has 3 atom stereocenters. The Morgan fingerprint density at radius 1 is 1.31 bits per heavy atom. The molecule has 1 rings (SSSR count). The molecule has 0 aromatic carbocycles. The number of hydrogen-bond acceptors (Lipinski definition) is 3. The molecule has 0 radical (unpaired) electrons. The molecular formula is C11H21N3O2. The van der Waals surface area contributed by atoms with E-state index < -0.39 is 6.03 Å². The summed E-state index contributed by atoms with van der Waals surface area (Å²) < 4.78 is 0. The third kappa shape index (κ3) is 3.81. The van der Waals surface area contributed by atoms with E-state index in [9.17, 15) is 9.59 Å². The zero-order chi connectivity index (χ0) is 12.1. The second kappa shape index (κ2) is 5.84. The highest BCUT2D eigenvalue weighted by atomic mass is 16.2. The van der Waals surface area contributed by atoms with Gasteiger partial charge in [0.15, 0.2) is 0 Å². The van der Waals surface area contributed by atoms with Crippen LogP contribution in [0.25, 0.3) is 0 Å². The highest BCUT2D eigenvalue weighted by molar-refractivity contribution is 5.96. The molecule has 0 aliphatic heterocycles. The van der Waals surface area contributed by atoms with Crippen LogP contribution in [0.2, 0.25) is 0 Å². The zero-order valence-corrected chi connectivity index (χ0v) is 10.2. The molecule has 16 heavy (non-hydrogen) atoms. The number of carbonyl (C=O) groups excluding carboxylic acids is 2. The largest absolute Gasteiger partial charge is 0.341 e. The van der Waals surface area contributed by atoms with Crippen molar-refractivity contribution >= 4 is 11.9 Å². The summed E-state index contributed by atoms with van der Waals surface area (Å²) >= 11 is 0. The first-order chi connectivity index (χ1) is 7.52. The SMILES string of the molecule is CNC(=O)NC(=O)C(C)NC1CCC(C)C1. The van der Waals surface area contributed by atoms with Crippen molar-refractivity contribution in [3.05, 3.63) is 0 Å². The monoisotopic (exact) mass is 227 g/mol. The Labute approximate surface area is 96.4 Å². The highest BCUT2D eigenvalue weighted by Crippen LogP contribution is 2.24. The predicted molar refractivity (Wildman–Crippen MR) is 62.0 cm³/mol. The van der Waals surface area contributed by atoms with Crippen LogP contribution in [0.4, 0.5) is 4.79 Å². The second-order valence-electron chi connectivity index (χ2n) is 4.57. The number of nitrogens with one attached hydrogen (secondary N) is 3. The average Bonchev–Trinajstić information content (AvgIpc) is 2.63. The lowest BCUT2D eigenvalue weighted by atomic mass is 10.1. The Morgan fingerprint density at radius 2 is 2.00 bits per heavy atom. The smallest absolute Gasteiger partial charge is 0.321 e. The van der Waals surface area contributed by atoms with Crippen LogP contribution >= 0.6 is 0 Å². The molecule has 5 heteroatoms. The standard InChI is InChI=1S/C11H21N3O2/c1-7-4-5-9(6-7)13-8(2)10(15)14-11(16)12-3/h7-9,13H,4-6H2,1-3H3,(H2,12,14,15,16). The summed E-state index contributed by atoms with van der Waals surface area (Å²) in [4.78, 5) is 22.5. The number of urea groups is 1. The predicted octanol–water partition coefficient (Wildman–Crippen LogP) is 0.609. The van der Waals surface area contributed by atoms with E-state index in [1.54, 1.807) is 6.92 Å². The van der Waals surface area contributed by atoms with Crippen LogP contribution in [0.5, 0.6) is 0 Å². The Balaban J connectivity index is 2.31. The van der Waals surface area contributed by atoms with Crippen LogP contribution in [-0.4, -0.2) is 31.1 Å². The Kier molecular flexibility index (Phi) is 4.73. The van der Waals surface area contributed by atoms with Crippen LogP contribution in [0.1, 0.15) is 33.1 Å². The van der Waals surface area contributed by atoms with Gasteiger partial charge in [-0.1, -0.05) is 6.92 Å². The summed E-state index contributed by atoms with van der Waals surface area (Å²) in [6, 6.07) is -0.383. The van der Waals surface area contributed by atoms with Crippen molar-refractivity contribution in [3.63, 3.8) is 0 Å². The van der Waals surface area contributed by atoms with Gasteiger partial charge in [-0.05, 0) is 32.1 Å². The minimum Gasteiger partial charge on any atom is -0.341 e. The molecule has 3 unspecified atom stereocenters. The van der Waals surface area contributed by atoms with E-state index in [-0.39, 0.29) is 11.9 Å². The topological polar surface area (TPSA) is 70.2 Å². The first-order valence-corrected chi connectivity index (χ1v) is 5.81. The summed E-state index contributed by atoms with van der Waals surface area (Å²) in [5.41, 5.74) is 0. The molecule has 92 valence electrons. The van der Waals surface area contributed by atoms with E-state index in [1.807, 2.05) is 0 Å². The van der Waals surface area contributed by atoms with Gasteiger partial charge in [0.25, 0.3) is 0 Å². The van der Waals surface area contributed by atoms with Gasteiger partial charge < -0.3 is 10.6 Å². The van der Waals surface area contributed by atoms with Crippen molar-refractivity contribution in [1.82, 2.24) is 16.0 Å². The second-order valence-corrected chi connectivity index (χ2v) is 4.57. The molecule has 0 heterocycles. The first-order valence-electron chi connectivity index (χ1n) is 5.81. The molecule has 3 N–H and O–H groups in total. The Bertz CT molecular complexity index is 268. The van der Waals surface area contributed by atoms with E-state index in [0.717, 1.165) is 18.8 Å². The van der Waals surface area contributed by atoms with Crippen LogP contribution in [-0.2, 0) is 4.79 Å². The van der Waals surface area contributed by atoms with Crippen LogP contribution in [0, 0.1) is 5.92 Å². The number of rotatable bonds is 3. The van der Waals surface area contributed by atoms with Crippen molar-refractivity contribution in [2.45, 2.75) is 45.2 Å². The molecule has 1 fully saturated rings. The van der Waals surface area contributed by atoms with Crippen molar-refractivity contribution in [3.8, 4) is 0 Å². The molecule has 0 bridgehead atoms. The Morgan fingerprint density at radius 3 is 2.50 bits per heavy atom. The molecule has 1 saturated carbocycles. The summed E-state index contributed by atoms with van der Waals surface area (Å²) in [5.74, 6) is 0.450. The van der Waals surface area contributed by atoms with Crippen molar-refractivity contribution in [1.29, 1.82) is 0 Å². The molecule has 0 spiro atoms.